The number of carbonyl (C=O) groups excluding carboxylic acids is 1. The van der Waals surface area contributed by atoms with E-state index in [0.29, 0.717) is 19.3 Å². The summed E-state index contributed by atoms with van der Waals surface area (Å²) in [6, 6.07) is 0.283. The first kappa shape index (κ1) is 20.2. The van der Waals surface area contributed by atoms with Crippen LogP contribution in [0.5, 0.6) is 0 Å². The van der Waals surface area contributed by atoms with E-state index in [9.17, 15) is 4.79 Å². The average Bonchev–Trinajstić information content (AvgIpc) is 2.48. The van der Waals surface area contributed by atoms with Crippen molar-refractivity contribution in [3.63, 3.8) is 0 Å². The summed E-state index contributed by atoms with van der Waals surface area (Å²) in [5, 5.41) is 6.31. The van der Waals surface area contributed by atoms with Crippen LogP contribution in [-0.4, -0.2) is 57.3 Å². The lowest BCUT2D eigenvalue weighted by atomic mass is 10.1. The van der Waals surface area contributed by atoms with Crippen molar-refractivity contribution >= 4 is 6.09 Å². The van der Waals surface area contributed by atoms with Crippen molar-refractivity contribution in [3.8, 4) is 0 Å². The third-order valence-electron chi connectivity index (χ3n) is 3.67. The van der Waals surface area contributed by atoms with Gasteiger partial charge in [-0.15, -0.1) is 0 Å². The molecule has 1 rings (SSSR count). The molecule has 6 nitrogen and oxygen atoms in total. The largest absolute Gasteiger partial charge is 0.444 e. The van der Waals surface area contributed by atoms with Crippen molar-refractivity contribution in [2.45, 2.75) is 70.6 Å². The van der Waals surface area contributed by atoms with Crippen LogP contribution in [0.15, 0.2) is 0 Å². The average molecular weight is 330 g/mol. The standard InChI is InChI=1S/C17H34N2O4/c1-17(2,3)23-16(20)18-10-7-8-14(13-21-4)19-12-15-9-5-6-11-22-15/h14-15,19H,5-13H2,1-4H3,(H,18,20). The molecule has 0 spiro atoms. The third kappa shape index (κ3) is 10.5. The van der Waals surface area contributed by atoms with Crippen molar-refractivity contribution in [2.24, 2.45) is 0 Å². The van der Waals surface area contributed by atoms with Crippen molar-refractivity contribution in [3.05, 3.63) is 0 Å². The second kappa shape index (κ2) is 10.8. The molecule has 0 aliphatic carbocycles. The first-order chi connectivity index (χ1) is 10.9. The number of rotatable bonds is 9. The molecule has 1 aliphatic rings. The van der Waals surface area contributed by atoms with Crippen LogP contribution in [0.2, 0.25) is 0 Å². The van der Waals surface area contributed by atoms with E-state index in [-0.39, 0.29) is 12.1 Å². The maximum atomic E-state index is 11.6. The molecule has 1 amide bonds. The summed E-state index contributed by atoms with van der Waals surface area (Å²) in [6.45, 7) is 8.60. The van der Waals surface area contributed by atoms with E-state index < -0.39 is 5.60 Å². The summed E-state index contributed by atoms with van der Waals surface area (Å²) in [7, 11) is 1.71. The zero-order valence-corrected chi connectivity index (χ0v) is 15.2. The van der Waals surface area contributed by atoms with Gasteiger partial charge in [-0.1, -0.05) is 0 Å². The van der Waals surface area contributed by atoms with Gasteiger partial charge in [0.1, 0.15) is 5.60 Å². The van der Waals surface area contributed by atoms with Gasteiger partial charge in [-0.3, -0.25) is 0 Å². The number of ether oxygens (including phenoxy) is 3. The molecular formula is C17H34N2O4. The molecule has 136 valence electrons. The van der Waals surface area contributed by atoms with Gasteiger partial charge in [-0.05, 0) is 52.9 Å². The van der Waals surface area contributed by atoms with Gasteiger partial charge in [-0.2, -0.15) is 0 Å². The van der Waals surface area contributed by atoms with Gasteiger partial charge in [0.25, 0.3) is 0 Å². The second-order valence-corrected chi connectivity index (χ2v) is 7.12. The molecule has 0 saturated carbocycles. The maximum absolute atomic E-state index is 11.6. The fourth-order valence-electron chi connectivity index (χ4n) is 2.57. The van der Waals surface area contributed by atoms with Crippen LogP contribution < -0.4 is 10.6 Å². The summed E-state index contributed by atoms with van der Waals surface area (Å²) >= 11 is 0. The topological polar surface area (TPSA) is 68.8 Å². The fourth-order valence-corrected chi connectivity index (χ4v) is 2.57. The highest BCUT2D eigenvalue weighted by molar-refractivity contribution is 5.67. The quantitative estimate of drug-likeness (QED) is 0.636. The van der Waals surface area contributed by atoms with E-state index in [1.165, 1.54) is 12.8 Å². The van der Waals surface area contributed by atoms with Crippen LogP contribution >= 0.6 is 0 Å². The molecule has 1 aliphatic heterocycles. The highest BCUT2D eigenvalue weighted by Crippen LogP contribution is 2.12. The Labute approximate surface area is 140 Å². The Balaban J connectivity index is 2.15. The molecule has 23 heavy (non-hydrogen) atoms. The van der Waals surface area contributed by atoms with Gasteiger partial charge in [-0.25, -0.2) is 4.79 Å². The lowest BCUT2D eigenvalue weighted by Gasteiger charge is -2.26. The molecule has 2 unspecified atom stereocenters. The van der Waals surface area contributed by atoms with E-state index in [1.54, 1.807) is 7.11 Å². The molecule has 1 fully saturated rings. The number of nitrogens with one attached hydrogen (secondary N) is 2. The number of hydrogen-bond donors (Lipinski definition) is 2. The fraction of sp³-hybridized carbons (Fsp3) is 0.941. The molecule has 6 heteroatoms. The lowest BCUT2D eigenvalue weighted by molar-refractivity contribution is 0.0132. The molecular weight excluding hydrogens is 296 g/mol. The molecule has 0 aromatic carbocycles. The Kier molecular flexibility index (Phi) is 9.52. The van der Waals surface area contributed by atoms with Gasteiger partial charge in [0.05, 0.1) is 12.7 Å². The zero-order chi connectivity index (χ0) is 17.1. The predicted octanol–water partition coefficient (Wildman–Crippen LogP) is 2.46. The third-order valence-corrected chi connectivity index (χ3v) is 3.67. The zero-order valence-electron chi connectivity index (χ0n) is 15.2. The monoisotopic (exact) mass is 330 g/mol. The molecule has 0 radical (unpaired) electrons. The molecule has 1 saturated heterocycles. The molecule has 1 heterocycles. The number of alkyl carbamates (subject to hydrolysis) is 1. The molecule has 2 atom stereocenters. The van der Waals surface area contributed by atoms with Crippen LogP contribution in [0, 0.1) is 0 Å². The van der Waals surface area contributed by atoms with E-state index in [1.807, 2.05) is 20.8 Å². The normalized spacial score (nSPS) is 20.1. The van der Waals surface area contributed by atoms with Crippen LogP contribution in [0.3, 0.4) is 0 Å². The Hall–Kier alpha value is -0.850. The highest BCUT2D eigenvalue weighted by atomic mass is 16.6. The lowest BCUT2D eigenvalue weighted by Crippen LogP contribution is -2.41. The number of methoxy groups -OCH3 is 1. The second-order valence-electron chi connectivity index (χ2n) is 7.12. The Morgan fingerprint density at radius 2 is 2.13 bits per heavy atom. The number of carbonyl (C=O) groups is 1. The maximum Gasteiger partial charge on any atom is 0.407 e. The SMILES string of the molecule is COCC(CCCNC(=O)OC(C)(C)C)NCC1CCCCO1. The summed E-state index contributed by atoms with van der Waals surface area (Å²) in [5.74, 6) is 0. The minimum atomic E-state index is -0.454. The minimum absolute atomic E-state index is 0.283. The van der Waals surface area contributed by atoms with Gasteiger partial charge < -0.3 is 24.8 Å². The first-order valence-electron chi connectivity index (χ1n) is 8.71. The molecule has 0 bridgehead atoms. The van der Waals surface area contributed by atoms with Crippen LogP contribution in [0.4, 0.5) is 4.79 Å². The Bertz CT molecular complexity index is 325. The summed E-state index contributed by atoms with van der Waals surface area (Å²) in [5.41, 5.74) is -0.454. The van der Waals surface area contributed by atoms with E-state index in [2.05, 4.69) is 10.6 Å². The number of hydrogen-bond acceptors (Lipinski definition) is 5. The smallest absolute Gasteiger partial charge is 0.407 e. The summed E-state index contributed by atoms with van der Waals surface area (Å²) in [4.78, 5) is 11.6. The minimum Gasteiger partial charge on any atom is -0.444 e. The number of amides is 1. The first-order valence-corrected chi connectivity index (χ1v) is 8.71. The van der Waals surface area contributed by atoms with Crippen LogP contribution in [0.25, 0.3) is 0 Å². The van der Waals surface area contributed by atoms with Gasteiger partial charge >= 0.3 is 6.09 Å². The summed E-state index contributed by atoms with van der Waals surface area (Å²) in [6.07, 6.45) is 5.34. The van der Waals surface area contributed by atoms with E-state index in [4.69, 9.17) is 14.2 Å². The van der Waals surface area contributed by atoms with Crippen molar-refractivity contribution < 1.29 is 19.0 Å². The highest BCUT2D eigenvalue weighted by Gasteiger charge is 2.17. The predicted molar refractivity (Wildman–Crippen MR) is 90.7 cm³/mol. The molecule has 2 N–H and O–H groups in total. The summed E-state index contributed by atoms with van der Waals surface area (Å²) < 4.78 is 16.2. The van der Waals surface area contributed by atoms with Crippen LogP contribution in [-0.2, 0) is 14.2 Å². The van der Waals surface area contributed by atoms with Crippen molar-refractivity contribution in [2.75, 3.05) is 33.4 Å². The molecule has 0 aromatic rings. The molecule has 0 aromatic heterocycles. The van der Waals surface area contributed by atoms with E-state index in [0.717, 1.165) is 32.4 Å². The Morgan fingerprint density at radius 1 is 1.35 bits per heavy atom. The van der Waals surface area contributed by atoms with Gasteiger partial charge in [0.15, 0.2) is 0 Å². The van der Waals surface area contributed by atoms with Crippen molar-refractivity contribution in [1.82, 2.24) is 10.6 Å². The van der Waals surface area contributed by atoms with Crippen LogP contribution in [0.1, 0.15) is 52.9 Å². The van der Waals surface area contributed by atoms with Crippen molar-refractivity contribution in [1.29, 1.82) is 0 Å². The van der Waals surface area contributed by atoms with E-state index >= 15 is 0 Å². The Morgan fingerprint density at radius 3 is 2.74 bits per heavy atom. The van der Waals surface area contributed by atoms with Gasteiger partial charge in [0, 0.05) is 32.8 Å². The van der Waals surface area contributed by atoms with Gasteiger partial charge in [0.2, 0.25) is 0 Å².